The van der Waals surface area contributed by atoms with E-state index in [1.165, 1.54) is 16.3 Å². The minimum Gasteiger partial charge on any atom is -0.492 e. The van der Waals surface area contributed by atoms with Crippen molar-refractivity contribution in [3.63, 3.8) is 0 Å². The molecule has 0 atom stereocenters. The van der Waals surface area contributed by atoms with Gasteiger partial charge < -0.3 is 10.5 Å². The predicted molar refractivity (Wildman–Crippen MR) is 77.9 cm³/mol. The fourth-order valence-corrected chi connectivity index (χ4v) is 1.75. The lowest BCUT2D eigenvalue weighted by atomic mass is 10.1. The Morgan fingerprint density at radius 2 is 2.05 bits per heavy atom. The summed E-state index contributed by atoms with van der Waals surface area (Å²) in [5.74, 6) is 0.489. The van der Waals surface area contributed by atoms with Crippen LogP contribution in [-0.4, -0.2) is 22.9 Å². The molecular formula is C15H19N3O2. The summed E-state index contributed by atoms with van der Waals surface area (Å²) >= 11 is 0. The van der Waals surface area contributed by atoms with Crippen LogP contribution in [0.15, 0.2) is 41.3 Å². The third kappa shape index (κ3) is 3.93. The highest BCUT2D eigenvalue weighted by molar-refractivity contribution is 5.21. The van der Waals surface area contributed by atoms with Crippen molar-refractivity contribution in [3.05, 3.63) is 58.0 Å². The highest BCUT2D eigenvalue weighted by Crippen LogP contribution is 2.06. The Bertz CT molecular complexity index is 605. The molecule has 0 fully saturated rings. The summed E-state index contributed by atoms with van der Waals surface area (Å²) in [6.45, 7) is 3.56. The summed E-state index contributed by atoms with van der Waals surface area (Å²) in [7, 11) is 0. The number of hydrogen-bond donors (Lipinski definition) is 1. The summed E-state index contributed by atoms with van der Waals surface area (Å²) in [4.78, 5) is 11.9. The first-order valence-electron chi connectivity index (χ1n) is 6.64. The van der Waals surface area contributed by atoms with Gasteiger partial charge in [-0.2, -0.15) is 5.10 Å². The van der Waals surface area contributed by atoms with Crippen LogP contribution >= 0.6 is 0 Å². The Morgan fingerprint density at radius 1 is 1.30 bits per heavy atom. The lowest BCUT2D eigenvalue weighted by Gasteiger charge is -2.07. The molecule has 0 aliphatic rings. The van der Waals surface area contributed by atoms with E-state index in [1.54, 1.807) is 6.20 Å². The Balaban J connectivity index is 2.06. The topological polar surface area (TPSA) is 70.1 Å². The third-order valence-electron chi connectivity index (χ3n) is 2.91. The average Bonchev–Trinajstić information content (AvgIpc) is 2.44. The third-order valence-corrected chi connectivity index (χ3v) is 2.91. The molecule has 106 valence electrons. The molecule has 0 amide bonds. The van der Waals surface area contributed by atoms with E-state index >= 15 is 0 Å². The number of hydrogen-bond acceptors (Lipinski definition) is 4. The summed E-state index contributed by atoms with van der Waals surface area (Å²) < 4.78 is 6.81. The summed E-state index contributed by atoms with van der Waals surface area (Å²) in [6, 6.07) is 9.48. The number of aryl methyl sites for hydroxylation is 1. The molecule has 2 aromatic rings. The Labute approximate surface area is 118 Å². The SMILES string of the molecule is Cc1ccc(Cn2ncc(OCCCN)cc2=O)cc1. The van der Waals surface area contributed by atoms with Crippen molar-refractivity contribution in [3.8, 4) is 5.75 Å². The monoisotopic (exact) mass is 273 g/mol. The lowest BCUT2D eigenvalue weighted by Crippen LogP contribution is -2.22. The van der Waals surface area contributed by atoms with Crippen molar-refractivity contribution in [1.82, 2.24) is 9.78 Å². The van der Waals surface area contributed by atoms with Gasteiger partial charge in [0.25, 0.3) is 5.56 Å². The highest BCUT2D eigenvalue weighted by atomic mass is 16.5. The maximum Gasteiger partial charge on any atom is 0.270 e. The molecule has 1 aromatic carbocycles. The van der Waals surface area contributed by atoms with Crippen molar-refractivity contribution in [1.29, 1.82) is 0 Å². The lowest BCUT2D eigenvalue weighted by molar-refractivity contribution is 0.309. The molecule has 0 aliphatic carbocycles. The molecule has 0 saturated heterocycles. The van der Waals surface area contributed by atoms with Crippen LogP contribution in [0.25, 0.3) is 0 Å². The van der Waals surface area contributed by atoms with E-state index in [1.807, 2.05) is 31.2 Å². The molecule has 0 aliphatic heterocycles. The fourth-order valence-electron chi connectivity index (χ4n) is 1.75. The number of nitrogens with zero attached hydrogens (tertiary/aromatic N) is 2. The summed E-state index contributed by atoms with van der Waals surface area (Å²) in [5, 5.41) is 4.12. The van der Waals surface area contributed by atoms with Crippen molar-refractivity contribution in [2.24, 2.45) is 5.73 Å². The van der Waals surface area contributed by atoms with Crippen LogP contribution < -0.4 is 16.0 Å². The normalized spacial score (nSPS) is 10.5. The van der Waals surface area contributed by atoms with E-state index in [4.69, 9.17) is 10.5 Å². The minimum atomic E-state index is -0.171. The second-order valence-corrected chi connectivity index (χ2v) is 4.66. The molecule has 2 rings (SSSR count). The van der Waals surface area contributed by atoms with E-state index in [2.05, 4.69) is 5.10 Å². The molecule has 5 heteroatoms. The van der Waals surface area contributed by atoms with E-state index in [-0.39, 0.29) is 5.56 Å². The smallest absolute Gasteiger partial charge is 0.270 e. The Morgan fingerprint density at radius 3 is 2.70 bits per heavy atom. The van der Waals surface area contributed by atoms with E-state index in [0.29, 0.717) is 25.4 Å². The Hall–Kier alpha value is -2.14. The van der Waals surface area contributed by atoms with Gasteiger partial charge in [-0.1, -0.05) is 29.8 Å². The number of nitrogens with two attached hydrogens (primary N) is 1. The summed E-state index contributed by atoms with van der Waals surface area (Å²) in [5.41, 5.74) is 7.45. The van der Waals surface area contributed by atoms with Crippen LogP contribution in [0.2, 0.25) is 0 Å². The molecule has 0 unspecified atom stereocenters. The second kappa shape index (κ2) is 6.86. The van der Waals surface area contributed by atoms with Crippen LogP contribution in [0.4, 0.5) is 0 Å². The Kier molecular flexibility index (Phi) is 4.90. The predicted octanol–water partition coefficient (Wildman–Crippen LogP) is 1.33. The molecule has 1 heterocycles. The van der Waals surface area contributed by atoms with Crippen LogP contribution in [0, 0.1) is 6.92 Å². The molecule has 2 N–H and O–H groups in total. The number of aromatic nitrogens is 2. The molecule has 1 aromatic heterocycles. The molecule has 0 spiro atoms. The molecule has 20 heavy (non-hydrogen) atoms. The first kappa shape index (κ1) is 14.3. The van der Waals surface area contributed by atoms with Crippen molar-refractivity contribution in [2.45, 2.75) is 19.9 Å². The molecule has 0 bridgehead atoms. The van der Waals surface area contributed by atoms with Gasteiger partial charge >= 0.3 is 0 Å². The zero-order valence-electron chi connectivity index (χ0n) is 11.6. The van der Waals surface area contributed by atoms with Gasteiger partial charge in [0.2, 0.25) is 0 Å². The largest absolute Gasteiger partial charge is 0.492 e. The van der Waals surface area contributed by atoms with Gasteiger partial charge in [0, 0.05) is 6.07 Å². The summed E-state index contributed by atoms with van der Waals surface area (Å²) in [6.07, 6.45) is 2.32. The van der Waals surface area contributed by atoms with Gasteiger partial charge in [-0.25, -0.2) is 4.68 Å². The van der Waals surface area contributed by atoms with E-state index in [0.717, 1.165) is 12.0 Å². The maximum atomic E-state index is 11.9. The van der Waals surface area contributed by atoms with Crippen molar-refractivity contribution in [2.75, 3.05) is 13.2 Å². The fraction of sp³-hybridized carbons (Fsp3) is 0.333. The highest BCUT2D eigenvalue weighted by Gasteiger charge is 2.02. The quantitative estimate of drug-likeness (QED) is 0.806. The molecule has 5 nitrogen and oxygen atoms in total. The average molecular weight is 273 g/mol. The van der Waals surface area contributed by atoms with Crippen molar-refractivity contribution >= 4 is 0 Å². The number of ether oxygens (including phenoxy) is 1. The number of benzene rings is 1. The van der Waals surface area contributed by atoms with Crippen LogP contribution in [0.5, 0.6) is 5.75 Å². The maximum absolute atomic E-state index is 11.9. The van der Waals surface area contributed by atoms with Crippen LogP contribution in [0.1, 0.15) is 17.5 Å². The number of rotatable bonds is 6. The molecule has 0 radical (unpaired) electrons. The standard InChI is InChI=1S/C15H19N3O2/c1-12-3-5-13(6-4-12)11-18-15(19)9-14(10-17-18)20-8-2-7-16/h3-6,9-10H,2,7-8,11,16H2,1H3. The van der Waals surface area contributed by atoms with Gasteiger partial charge in [-0.15, -0.1) is 0 Å². The van der Waals surface area contributed by atoms with Gasteiger partial charge in [0.15, 0.2) is 0 Å². The van der Waals surface area contributed by atoms with Gasteiger partial charge in [0.1, 0.15) is 5.75 Å². The first-order valence-corrected chi connectivity index (χ1v) is 6.64. The molecule has 0 saturated carbocycles. The van der Waals surface area contributed by atoms with E-state index < -0.39 is 0 Å². The zero-order valence-corrected chi connectivity index (χ0v) is 11.6. The van der Waals surface area contributed by atoms with Gasteiger partial charge in [-0.05, 0) is 25.5 Å². The van der Waals surface area contributed by atoms with Crippen LogP contribution in [0.3, 0.4) is 0 Å². The van der Waals surface area contributed by atoms with Gasteiger partial charge in [0.05, 0.1) is 19.3 Å². The molecular weight excluding hydrogens is 254 g/mol. The first-order chi connectivity index (χ1) is 9.69. The zero-order chi connectivity index (χ0) is 14.4. The van der Waals surface area contributed by atoms with E-state index in [9.17, 15) is 4.79 Å². The van der Waals surface area contributed by atoms with Crippen LogP contribution in [-0.2, 0) is 6.54 Å². The van der Waals surface area contributed by atoms with Gasteiger partial charge in [-0.3, -0.25) is 4.79 Å². The van der Waals surface area contributed by atoms with Crippen molar-refractivity contribution < 1.29 is 4.74 Å². The minimum absolute atomic E-state index is 0.171. The second-order valence-electron chi connectivity index (χ2n) is 4.66.